The molecule has 312 valence electrons. The Morgan fingerprint density at radius 1 is 0.917 bits per heavy atom. The molecule has 0 spiro atoms. The van der Waals surface area contributed by atoms with E-state index in [9.17, 15) is 42.3 Å². The second kappa shape index (κ2) is 18.4. The molecule has 0 aliphatic carbocycles. The summed E-state index contributed by atoms with van der Waals surface area (Å²) in [5.41, 5.74) is 1.09. The highest BCUT2D eigenvalue weighted by Crippen LogP contribution is 2.33. The Labute approximate surface area is 343 Å². The van der Waals surface area contributed by atoms with Crippen LogP contribution in [0.3, 0.4) is 0 Å². The predicted molar refractivity (Wildman–Crippen MR) is 213 cm³/mol. The van der Waals surface area contributed by atoms with Crippen molar-refractivity contribution in [2.45, 2.75) is 51.6 Å². The fraction of sp³-hybridized carbons (Fsp3) is 0.333. The van der Waals surface area contributed by atoms with Crippen molar-refractivity contribution >= 4 is 64.1 Å². The van der Waals surface area contributed by atoms with Gasteiger partial charge in [-0.15, -0.1) is 0 Å². The van der Waals surface area contributed by atoms with Crippen molar-refractivity contribution in [3.63, 3.8) is 0 Å². The first-order chi connectivity index (χ1) is 28.6. The number of hydrogen-bond acceptors (Lipinski definition) is 10. The van der Waals surface area contributed by atoms with Gasteiger partial charge < -0.3 is 30.7 Å². The van der Waals surface area contributed by atoms with Crippen LogP contribution in [0.15, 0.2) is 71.8 Å². The first-order valence-electron chi connectivity index (χ1n) is 18.9. The van der Waals surface area contributed by atoms with Gasteiger partial charge in [-0.05, 0) is 69.2 Å². The fourth-order valence-electron chi connectivity index (χ4n) is 6.71. The van der Waals surface area contributed by atoms with Gasteiger partial charge in [0.25, 0.3) is 23.6 Å². The Morgan fingerprint density at radius 3 is 2.37 bits per heavy atom. The van der Waals surface area contributed by atoms with Crippen molar-refractivity contribution in [3.8, 4) is 11.8 Å². The number of ether oxygens (including phenoxy) is 2. The van der Waals surface area contributed by atoms with Crippen LogP contribution in [0.4, 0.5) is 25.8 Å². The van der Waals surface area contributed by atoms with Gasteiger partial charge in [-0.1, -0.05) is 36.1 Å². The number of benzene rings is 3. The molecule has 3 atom stereocenters. The molecule has 0 bridgehead atoms. The van der Waals surface area contributed by atoms with Gasteiger partial charge in [-0.25, -0.2) is 8.78 Å². The lowest BCUT2D eigenvalue weighted by molar-refractivity contribution is -0.128. The van der Waals surface area contributed by atoms with Crippen molar-refractivity contribution in [3.05, 3.63) is 89.0 Å². The van der Waals surface area contributed by atoms with Gasteiger partial charge in [0.05, 0.1) is 48.0 Å². The summed E-state index contributed by atoms with van der Waals surface area (Å²) in [5.74, 6) is -2.77. The number of alkyl halides is 2. The SMILES string of the molecule is CC1=NN(c2cccc(C#CCNC(=O)COCCOCC(=O)Nc3cccc4c3C(=O)N(C3CCC(C)NC3=O)C4=O)c2)C(=O)C1C(=O)Nc1cccc(C(C)(F)F)c1. The van der Waals surface area contributed by atoms with Crippen molar-refractivity contribution < 1.29 is 51.8 Å². The molecule has 0 saturated carbocycles. The van der Waals surface area contributed by atoms with E-state index >= 15 is 0 Å². The minimum absolute atomic E-state index is 0.00606. The summed E-state index contributed by atoms with van der Waals surface area (Å²) in [7, 11) is 0. The van der Waals surface area contributed by atoms with Crippen LogP contribution in [0.5, 0.6) is 0 Å². The van der Waals surface area contributed by atoms with Crippen LogP contribution in [0.1, 0.15) is 65.5 Å². The molecule has 1 saturated heterocycles. The van der Waals surface area contributed by atoms with E-state index in [1.54, 1.807) is 24.3 Å². The summed E-state index contributed by atoms with van der Waals surface area (Å²) in [6.07, 6.45) is 0.944. The number of nitrogens with one attached hydrogen (secondary N) is 4. The zero-order valence-electron chi connectivity index (χ0n) is 32.8. The molecule has 0 aromatic heterocycles. The van der Waals surface area contributed by atoms with E-state index < -0.39 is 65.8 Å². The second-order valence-electron chi connectivity index (χ2n) is 14.3. The number of nitrogens with zero attached hydrogens (tertiary/aromatic N) is 3. The van der Waals surface area contributed by atoms with Gasteiger partial charge in [-0.2, -0.15) is 10.1 Å². The molecule has 3 unspecified atom stereocenters. The van der Waals surface area contributed by atoms with Gasteiger partial charge in [0.15, 0.2) is 5.92 Å². The van der Waals surface area contributed by atoms with Gasteiger partial charge in [0.2, 0.25) is 23.6 Å². The summed E-state index contributed by atoms with van der Waals surface area (Å²) >= 11 is 0. The third-order valence-corrected chi connectivity index (χ3v) is 9.66. The van der Waals surface area contributed by atoms with Crippen molar-refractivity contribution in [1.29, 1.82) is 0 Å². The van der Waals surface area contributed by atoms with E-state index in [1.807, 2.05) is 6.92 Å². The van der Waals surface area contributed by atoms with E-state index in [1.165, 1.54) is 43.3 Å². The molecular weight excluding hydrogens is 784 g/mol. The molecule has 3 aromatic carbocycles. The molecule has 7 amide bonds. The quantitative estimate of drug-likeness (QED) is 0.0815. The summed E-state index contributed by atoms with van der Waals surface area (Å²) in [6, 6.07) is 15.2. The molecule has 0 radical (unpaired) electrons. The number of halogens is 2. The molecule has 1 fully saturated rings. The van der Waals surface area contributed by atoms with Crippen LogP contribution in [0, 0.1) is 17.8 Å². The van der Waals surface area contributed by atoms with E-state index in [0.717, 1.165) is 22.9 Å². The summed E-state index contributed by atoms with van der Waals surface area (Å²) in [6.45, 7) is 3.30. The Morgan fingerprint density at radius 2 is 1.63 bits per heavy atom. The van der Waals surface area contributed by atoms with E-state index in [2.05, 4.69) is 38.2 Å². The monoisotopic (exact) mass is 825 g/mol. The molecule has 3 heterocycles. The van der Waals surface area contributed by atoms with Gasteiger partial charge >= 0.3 is 0 Å². The number of piperidine rings is 1. The number of hydrogen-bond donors (Lipinski definition) is 4. The first kappa shape index (κ1) is 42.8. The number of fused-ring (bicyclic) bond motifs is 1. The van der Waals surface area contributed by atoms with Gasteiger partial charge in [0, 0.05) is 29.8 Å². The largest absolute Gasteiger partial charge is 0.369 e. The molecule has 18 heteroatoms. The Hall–Kier alpha value is -6.84. The van der Waals surface area contributed by atoms with Crippen molar-refractivity contribution in [2.24, 2.45) is 11.0 Å². The lowest BCUT2D eigenvalue weighted by atomic mass is 10.00. The molecule has 3 aliphatic rings. The zero-order chi connectivity index (χ0) is 43.1. The highest BCUT2D eigenvalue weighted by atomic mass is 19.3. The molecule has 60 heavy (non-hydrogen) atoms. The molecular formula is C42H41F2N7O9. The normalized spacial score (nSPS) is 18.6. The van der Waals surface area contributed by atoms with Gasteiger partial charge in [-0.3, -0.25) is 38.5 Å². The van der Waals surface area contributed by atoms with Crippen molar-refractivity contribution in [2.75, 3.05) is 48.6 Å². The highest BCUT2D eigenvalue weighted by Gasteiger charge is 2.45. The Balaban J connectivity index is 0.895. The number of carbonyl (C=O) groups is 7. The molecule has 6 rings (SSSR count). The average molecular weight is 826 g/mol. The number of imide groups is 1. The number of anilines is 3. The van der Waals surface area contributed by atoms with Crippen LogP contribution < -0.4 is 26.3 Å². The average Bonchev–Trinajstić information content (AvgIpc) is 3.65. The second-order valence-corrected chi connectivity index (χ2v) is 14.3. The summed E-state index contributed by atoms with van der Waals surface area (Å²) in [5, 5.41) is 15.8. The third-order valence-electron chi connectivity index (χ3n) is 9.66. The minimum Gasteiger partial charge on any atom is -0.369 e. The molecule has 3 aliphatic heterocycles. The van der Waals surface area contributed by atoms with Crippen LogP contribution in [0.2, 0.25) is 0 Å². The Kier molecular flexibility index (Phi) is 13.1. The summed E-state index contributed by atoms with van der Waals surface area (Å²) < 4.78 is 38.2. The maximum atomic E-state index is 13.8. The maximum Gasteiger partial charge on any atom is 0.270 e. The van der Waals surface area contributed by atoms with Gasteiger partial charge in [0.1, 0.15) is 19.3 Å². The Bertz CT molecular complexity index is 2330. The standard InChI is InChI=1S/C42H41F2N7O9/c1-24-15-16-32(37(54)46-24)50-39(56)30-13-6-14-31(36(30)40(50)57)48-34(53)23-60-19-18-59-22-33(52)45-17-7-9-26-8-4-12-29(20-26)51-41(58)35(25(2)49-51)38(55)47-28-11-5-10-27(21-28)42(3,43)44/h4-6,8,10-14,20-21,24,32,35H,15-19,22-23H2,1-3H3,(H,45,52)(H,46,54)(H,47,55)(H,48,53). The molecule has 4 N–H and O–H groups in total. The first-order valence-corrected chi connectivity index (χ1v) is 18.9. The van der Waals surface area contributed by atoms with Crippen LogP contribution >= 0.6 is 0 Å². The number of amides is 7. The van der Waals surface area contributed by atoms with E-state index in [-0.39, 0.29) is 66.2 Å². The third kappa shape index (κ3) is 9.88. The number of hydrazone groups is 1. The van der Waals surface area contributed by atoms with Crippen LogP contribution in [-0.2, 0) is 39.4 Å². The molecule has 16 nitrogen and oxygen atoms in total. The van der Waals surface area contributed by atoms with E-state index in [0.29, 0.717) is 24.1 Å². The van der Waals surface area contributed by atoms with Crippen molar-refractivity contribution in [1.82, 2.24) is 15.5 Å². The summed E-state index contributed by atoms with van der Waals surface area (Å²) in [4.78, 5) is 91.0. The lowest BCUT2D eigenvalue weighted by Crippen LogP contribution is -2.55. The van der Waals surface area contributed by atoms with Crippen LogP contribution in [0.25, 0.3) is 0 Å². The minimum atomic E-state index is -3.11. The van der Waals surface area contributed by atoms with Crippen LogP contribution in [-0.4, -0.2) is 97.0 Å². The van der Waals surface area contributed by atoms with E-state index in [4.69, 9.17) is 9.47 Å². The fourth-order valence-corrected chi connectivity index (χ4v) is 6.71. The predicted octanol–water partition coefficient (Wildman–Crippen LogP) is 3.18. The highest BCUT2D eigenvalue weighted by molar-refractivity contribution is 6.29. The number of carbonyl (C=O) groups excluding carboxylic acids is 7. The number of rotatable bonds is 14. The molecule has 3 aromatic rings. The maximum absolute atomic E-state index is 13.8. The zero-order valence-corrected chi connectivity index (χ0v) is 32.8. The smallest absolute Gasteiger partial charge is 0.270 e. The topological polar surface area (TPSA) is 205 Å². The lowest BCUT2D eigenvalue weighted by Gasteiger charge is -2.31.